The lowest BCUT2D eigenvalue weighted by molar-refractivity contribution is 0.599. The van der Waals surface area contributed by atoms with E-state index in [2.05, 4.69) is 4.98 Å². The molecule has 0 atom stereocenters. The number of aryl methyl sites for hydroxylation is 2. The van der Waals surface area contributed by atoms with Gasteiger partial charge < -0.3 is 4.57 Å². The van der Waals surface area contributed by atoms with Crippen LogP contribution in [0.5, 0.6) is 0 Å². The predicted octanol–water partition coefficient (Wildman–Crippen LogP) is 0.185. The van der Waals surface area contributed by atoms with Crippen LogP contribution in [0.25, 0.3) is 0 Å². The molecule has 0 saturated carbocycles. The first-order valence-electron chi connectivity index (χ1n) is 5.34. The largest absolute Gasteiger partial charge is 0.330 e. The predicted molar refractivity (Wildman–Crippen MR) is 63.9 cm³/mol. The third-order valence-corrected chi connectivity index (χ3v) is 2.65. The average Bonchev–Trinajstić information content (AvgIpc) is 2.36. The zero-order valence-corrected chi connectivity index (χ0v) is 9.54. The molecule has 5 heteroatoms. The smallest absolute Gasteiger partial charge is 0.300 e. The molecule has 0 N–H and O–H groups in total. The standard InChI is InChI=1S/C12H13N3O2/c1-14-11(16)5-9-15(12(14)17)8-4-10-2-6-13-7-3-10/h2-3,5-7,9H,4,8H2,1H3. The second kappa shape index (κ2) is 4.78. The fourth-order valence-electron chi connectivity index (χ4n) is 1.59. The quantitative estimate of drug-likeness (QED) is 0.757. The number of hydrogen-bond donors (Lipinski definition) is 0. The molecule has 0 aliphatic rings. The van der Waals surface area contributed by atoms with Gasteiger partial charge in [0.1, 0.15) is 0 Å². The van der Waals surface area contributed by atoms with Crippen LogP contribution in [0.1, 0.15) is 5.56 Å². The van der Waals surface area contributed by atoms with Crippen molar-refractivity contribution in [2.45, 2.75) is 13.0 Å². The van der Waals surface area contributed by atoms with Crippen molar-refractivity contribution in [3.05, 3.63) is 63.2 Å². The van der Waals surface area contributed by atoms with E-state index in [1.165, 1.54) is 23.9 Å². The van der Waals surface area contributed by atoms with E-state index in [9.17, 15) is 9.59 Å². The van der Waals surface area contributed by atoms with Crippen molar-refractivity contribution >= 4 is 0 Å². The van der Waals surface area contributed by atoms with Gasteiger partial charge >= 0.3 is 5.69 Å². The zero-order chi connectivity index (χ0) is 12.3. The van der Waals surface area contributed by atoms with Gasteiger partial charge in [-0.25, -0.2) is 4.79 Å². The number of nitrogens with zero attached hydrogens (tertiary/aromatic N) is 3. The summed E-state index contributed by atoms with van der Waals surface area (Å²) >= 11 is 0. The van der Waals surface area contributed by atoms with Crippen LogP contribution in [0.2, 0.25) is 0 Å². The molecule has 0 radical (unpaired) electrons. The summed E-state index contributed by atoms with van der Waals surface area (Å²) in [4.78, 5) is 26.9. The van der Waals surface area contributed by atoms with Gasteiger partial charge in [0, 0.05) is 38.2 Å². The molecule has 0 fully saturated rings. The number of hydrogen-bond acceptors (Lipinski definition) is 3. The topological polar surface area (TPSA) is 56.9 Å². The SMILES string of the molecule is Cn1c(=O)ccn(CCc2ccncc2)c1=O. The summed E-state index contributed by atoms with van der Waals surface area (Å²) < 4.78 is 2.63. The van der Waals surface area contributed by atoms with Gasteiger partial charge in [0.15, 0.2) is 0 Å². The molecule has 88 valence electrons. The molecule has 0 aromatic carbocycles. The Morgan fingerprint density at radius 3 is 2.59 bits per heavy atom. The van der Waals surface area contributed by atoms with Crippen LogP contribution in [-0.2, 0) is 20.0 Å². The van der Waals surface area contributed by atoms with Crippen molar-refractivity contribution < 1.29 is 0 Å². The van der Waals surface area contributed by atoms with E-state index in [0.29, 0.717) is 6.54 Å². The first-order chi connectivity index (χ1) is 8.18. The highest BCUT2D eigenvalue weighted by Gasteiger charge is 2.01. The van der Waals surface area contributed by atoms with Gasteiger partial charge in [0.25, 0.3) is 5.56 Å². The monoisotopic (exact) mass is 231 g/mol. The summed E-state index contributed by atoms with van der Waals surface area (Å²) in [5.74, 6) is 0. The molecular weight excluding hydrogens is 218 g/mol. The van der Waals surface area contributed by atoms with Gasteiger partial charge in [-0.05, 0) is 24.1 Å². The molecule has 2 heterocycles. The molecule has 0 aliphatic heterocycles. The molecule has 0 bridgehead atoms. The molecular formula is C12H13N3O2. The van der Waals surface area contributed by atoms with Crippen molar-refractivity contribution in [3.8, 4) is 0 Å². The Balaban J connectivity index is 2.18. The molecule has 0 saturated heterocycles. The minimum atomic E-state index is -0.286. The van der Waals surface area contributed by atoms with Crippen LogP contribution in [0, 0.1) is 0 Å². The Kier molecular flexibility index (Phi) is 3.18. The van der Waals surface area contributed by atoms with Crippen molar-refractivity contribution in [1.82, 2.24) is 14.1 Å². The minimum Gasteiger partial charge on any atom is -0.300 e. The second-order valence-electron chi connectivity index (χ2n) is 3.79. The van der Waals surface area contributed by atoms with Crippen molar-refractivity contribution in [2.24, 2.45) is 7.05 Å². The Labute approximate surface area is 98.0 Å². The van der Waals surface area contributed by atoms with Gasteiger partial charge in [0.2, 0.25) is 0 Å². The maximum Gasteiger partial charge on any atom is 0.330 e. The third-order valence-electron chi connectivity index (χ3n) is 2.65. The van der Waals surface area contributed by atoms with Gasteiger partial charge in [-0.1, -0.05) is 0 Å². The van der Waals surface area contributed by atoms with E-state index in [1.54, 1.807) is 12.4 Å². The van der Waals surface area contributed by atoms with E-state index >= 15 is 0 Å². The minimum absolute atomic E-state index is 0.282. The van der Waals surface area contributed by atoms with E-state index in [4.69, 9.17) is 0 Å². The first kappa shape index (κ1) is 11.3. The van der Waals surface area contributed by atoms with Crippen molar-refractivity contribution in [2.75, 3.05) is 0 Å². The Bertz CT molecular complexity index is 614. The summed E-state index contributed by atoms with van der Waals surface area (Å²) in [6.45, 7) is 0.553. The highest BCUT2D eigenvalue weighted by molar-refractivity contribution is 5.09. The van der Waals surface area contributed by atoms with Crippen LogP contribution < -0.4 is 11.2 Å². The van der Waals surface area contributed by atoms with E-state index in [1.807, 2.05) is 12.1 Å². The molecule has 2 aromatic heterocycles. The van der Waals surface area contributed by atoms with Crippen molar-refractivity contribution in [3.63, 3.8) is 0 Å². The lowest BCUT2D eigenvalue weighted by Gasteiger charge is -2.06. The van der Waals surface area contributed by atoms with Crippen LogP contribution in [-0.4, -0.2) is 14.1 Å². The van der Waals surface area contributed by atoms with Gasteiger partial charge in [-0.3, -0.25) is 14.3 Å². The molecule has 2 rings (SSSR count). The molecule has 0 aliphatic carbocycles. The van der Waals surface area contributed by atoms with Gasteiger partial charge in [0.05, 0.1) is 0 Å². The van der Waals surface area contributed by atoms with Crippen molar-refractivity contribution in [1.29, 1.82) is 0 Å². The van der Waals surface area contributed by atoms with Gasteiger partial charge in [-0.15, -0.1) is 0 Å². The fraction of sp³-hybridized carbons (Fsp3) is 0.250. The van der Waals surface area contributed by atoms with Crippen LogP contribution >= 0.6 is 0 Å². The summed E-state index contributed by atoms with van der Waals surface area (Å²) in [7, 11) is 1.48. The molecule has 5 nitrogen and oxygen atoms in total. The van der Waals surface area contributed by atoms with Crippen LogP contribution in [0.4, 0.5) is 0 Å². The lowest BCUT2D eigenvalue weighted by atomic mass is 10.2. The highest BCUT2D eigenvalue weighted by atomic mass is 16.2. The maximum atomic E-state index is 11.7. The van der Waals surface area contributed by atoms with E-state index in [0.717, 1.165) is 16.6 Å². The third kappa shape index (κ3) is 2.50. The normalized spacial score (nSPS) is 10.4. The van der Waals surface area contributed by atoms with E-state index < -0.39 is 0 Å². The molecule has 0 spiro atoms. The first-order valence-corrected chi connectivity index (χ1v) is 5.34. The second-order valence-corrected chi connectivity index (χ2v) is 3.79. The van der Waals surface area contributed by atoms with Gasteiger partial charge in [-0.2, -0.15) is 0 Å². The summed E-state index contributed by atoms with van der Waals surface area (Å²) in [6.07, 6.45) is 5.71. The molecule has 0 unspecified atom stereocenters. The summed E-state index contributed by atoms with van der Waals surface area (Å²) in [5, 5.41) is 0. The van der Waals surface area contributed by atoms with Crippen LogP contribution in [0.3, 0.4) is 0 Å². The Morgan fingerprint density at radius 1 is 1.18 bits per heavy atom. The van der Waals surface area contributed by atoms with E-state index in [-0.39, 0.29) is 11.2 Å². The molecule has 17 heavy (non-hydrogen) atoms. The van der Waals surface area contributed by atoms with Crippen LogP contribution in [0.15, 0.2) is 46.4 Å². The number of aromatic nitrogens is 3. The number of rotatable bonds is 3. The summed E-state index contributed by atoms with van der Waals surface area (Å²) in [6, 6.07) is 5.22. The molecule has 0 amide bonds. The highest BCUT2D eigenvalue weighted by Crippen LogP contribution is 1.98. The molecule has 2 aromatic rings. The summed E-state index contributed by atoms with van der Waals surface area (Å²) in [5.41, 5.74) is 0.544. The maximum absolute atomic E-state index is 11.7. The lowest BCUT2D eigenvalue weighted by Crippen LogP contribution is -2.37. The number of pyridine rings is 1. The Hall–Kier alpha value is -2.17. The fourth-order valence-corrected chi connectivity index (χ4v) is 1.59. The zero-order valence-electron chi connectivity index (χ0n) is 9.54. The average molecular weight is 231 g/mol. The Morgan fingerprint density at radius 2 is 1.88 bits per heavy atom.